The minimum absolute atomic E-state index is 0.294. The Kier molecular flexibility index (Phi) is 4.95. The van der Waals surface area contributed by atoms with Crippen molar-refractivity contribution in [3.63, 3.8) is 0 Å². The van der Waals surface area contributed by atoms with E-state index in [-0.39, 0.29) is 12.6 Å². The largest absolute Gasteiger partial charge is 0.480 e. The van der Waals surface area contributed by atoms with E-state index in [0.717, 1.165) is 9.35 Å². The van der Waals surface area contributed by atoms with Crippen LogP contribution in [0.2, 0.25) is 0 Å². The molecule has 0 aliphatic heterocycles. The van der Waals surface area contributed by atoms with Gasteiger partial charge in [-0.1, -0.05) is 0 Å². The van der Waals surface area contributed by atoms with Gasteiger partial charge in [-0.3, -0.25) is 4.79 Å². The highest BCUT2D eigenvalue weighted by Gasteiger charge is 2.17. The molecule has 5 nitrogen and oxygen atoms in total. The van der Waals surface area contributed by atoms with Crippen LogP contribution in [0.1, 0.15) is 4.88 Å². The molecule has 1 N–H and O–H groups in total. The molecular weight excluding hydrogens is 308 g/mol. The molecule has 17 heavy (non-hydrogen) atoms. The van der Waals surface area contributed by atoms with Crippen LogP contribution in [0.4, 0.5) is 4.79 Å². The molecule has 0 fully saturated rings. The van der Waals surface area contributed by atoms with Gasteiger partial charge >= 0.3 is 12.0 Å². The van der Waals surface area contributed by atoms with Crippen molar-refractivity contribution in [2.45, 2.75) is 6.54 Å². The first-order valence-electron chi connectivity index (χ1n) is 4.81. The third kappa shape index (κ3) is 4.35. The van der Waals surface area contributed by atoms with Gasteiger partial charge in [-0.25, -0.2) is 4.79 Å². The summed E-state index contributed by atoms with van der Waals surface area (Å²) in [6, 6.07) is 1.63. The number of likely N-dealkylation sites (N-methyl/N-ethyl adjacent to an activating group) is 1. The number of hydrogen-bond acceptors (Lipinski definition) is 3. The maximum atomic E-state index is 11.8. The van der Waals surface area contributed by atoms with Gasteiger partial charge in [0.1, 0.15) is 6.54 Å². The first kappa shape index (κ1) is 14.0. The van der Waals surface area contributed by atoms with Crippen molar-refractivity contribution < 1.29 is 14.7 Å². The SMILES string of the molecule is CN(CC(=O)O)C(=O)N(C)Cc1cc(Br)cs1. The number of nitrogens with zero attached hydrogens (tertiary/aromatic N) is 2. The molecule has 0 radical (unpaired) electrons. The van der Waals surface area contributed by atoms with Crippen molar-refractivity contribution in [1.82, 2.24) is 9.80 Å². The van der Waals surface area contributed by atoms with Crippen molar-refractivity contribution in [2.75, 3.05) is 20.6 Å². The van der Waals surface area contributed by atoms with Gasteiger partial charge < -0.3 is 14.9 Å². The average molecular weight is 321 g/mol. The third-order valence-corrected chi connectivity index (χ3v) is 3.72. The zero-order valence-corrected chi connectivity index (χ0v) is 11.9. The van der Waals surface area contributed by atoms with Gasteiger partial charge in [-0.15, -0.1) is 11.3 Å². The zero-order chi connectivity index (χ0) is 13.0. The monoisotopic (exact) mass is 320 g/mol. The molecule has 0 unspecified atom stereocenters. The lowest BCUT2D eigenvalue weighted by Gasteiger charge is -2.23. The second kappa shape index (κ2) is 6.02. The van der Waals surface area contributed by atoms with E-state index in [1.54, 1.807) is 18.4 Å². The van der Waals surface area contributed by atoms with E-state index in [1.807, 2.05) is 11.4 Å². The fraction of sp³-hybridized carbons (Fsp3) is 0.400. The number of thiophene rings is 1. The molecule has 1 aromatic heterocycles. The lowest BCUT2D eigenvalue weighted by atomic mass is 10.4. The zero-order valence-electron chi connectivity index (χ0n) is 9.51. The highest BCUT2D eigenvalue weighted by molar-refractivity contribution is 9.10. The van der Waals surface area contributed by atoms with Gasteiger partial charge in [-0.05, 0) is 22.0 Å². The molecule has 0 bridgehead atoms. The number of carbonyl (C=O) groups excluding carboxylic acids is 1. The van der Waals surface area contributed by atoms with Gasteiger partial charge in [0.25, 0.3) is 0 Å². The normalized spacial score (nSPS) is 10.1. The number of halogens is 1. The number of rotatable bonds is 4. The minimum atomic E-state index is -1.02. The smallest absolute Gasteiger partial charge is 0.323 e. The van der Waals surface area contributed by atoms with E-state index in [0.29, 0.717) is 6.54 Å². The van der Waals surface area contributed by atoms with E-state index in [4.69, 9.17) is 5.11 Å². The molecular formula is C10H13BrN2O3S. The average Bonchev–Trinajstić information content (AvgIpc) is 2.61. The Hall–Kier alpha value is -1.08. The van der Waals surface area contributed by atoms with Crippen LogP contribution in [-0.2, 0) is 11.3 Å². The number of hydrogen-bond donors (Lipinski definition) is 1. The van der Waals surface area contributed by atoms with Crippen LogP contribution in [0.25, 0.3) is 0 Å². The highest BCUT2D eigenvalue weighted by atomic mass is 79.9. The predicted molar refractivity (Wildman–Crippen MR) is 69.1 cm³/mol. The summed E-state index contributed by atoms with van der Waals surface area (Å²) in [4.78, 5) is 26.0. The van der Waals surface area contributed by atoms with Crippen molar-refractivity contribution in [2.24, 2.45) is 0 Å². The summed E-state index contributed by atoms with van der Waals surface area (Å²) in [6.07, 6.45) is 0. The molecule has 0 atom stereocenters. The predicted octanol–water partition coefficient (Wildman–Crippen LogP) is 2.08. The number of carboxylic acid groups (broad SMARTS) is 1. The minimum Gasteiger partial charge on any atom is -0.480 e. The quantitative estimate of drug-likeness (QED) is 0.924. The maximum Gasteiger partial charge on any atom is 0.323 e. The van der Waals surface area contributed by atoms with Crippen molar-refractivity contribution >= 4 is 39.3 Å². The molecule has 1 heterocycles. The fourth-order valence-corrected chi connectivity index (χ4v) is 2.80. The Morgan fingerprint density at radius 2 is 2.06 bits per heavy atom. The van der Waals surface area contributed by atoms with Crippen molar-refractivity contribution in [3.05, 3.63) is 20.8 Å². The Balaban J connectivity index is 2.55. The van der Waals surface area contributed by atoms with Gasteiger partial charge in [0.15, 0.2) is 0 Å². The number of carbonyl (C=O) groups is 2. The summed E-state index contributed by atoms with van der Waals surface area (Å²) >= 11 is 4.88. The standard InChI is InChI=1S/C10H13BrN2O3S/c1-12(4-8-3-7(11)6-17-8)10(16)13(2)5-9(14)15/h3,6H,4-5H2,1-2H3,(H,14,15). The van der Waals surface area contributed by atoms with Gasteiger partial charge in [0.05, 0.1) is 6.54 Å². The van der Waals surface area contributed by atoms with E-state index < -0.39 is 5.97 Å². The summed E-state index contributed by atoms with van der Waals surface area (Å²) < 4.78 is 0.984. The van der Waals surface area contributed by atoms with Crippen LogP contribution in [0.15, 0.2) is 15.9 Å². The topological polar surface area (TPSA) is 60.9 Å². The number of aliphatic carboxylic acids is 1. The lowest BCUT2D eigenvalue weighted by molar-refractivity contribution is -0.137. The van der Waals surface area contributed by atoms with Crippen LogP contribution in [0, 0.1) is 0 Å². The second-order valence-electron chi connectivity index (χ2n) is 3.62. The van der Waals surface area contributed by atoms with Crippen LogP contribution in [0.3, 0.4) is 0 Å². The molecule has 0 spiro atoms. The molecule has 1 aromatic rings. The first-order valence-corrected chi connectivity index (χ1v) is 6.48. The number of carboxylic acids is 1. The van der Waals surface area contributed by atoms with E-state index in [1.165, 1.54) is 16.8 Å². The molecule has 0 aromatic carbocycles. The summed E-state index contributed by atoms with van der Waals surface area (Å²) in [7, 11) is 3.12. The molecule has 2 amide bonds. The van der Waals surface area contributed by atoms with E-state index >= 15 is 0 Å². The first-order chi connectivity index (χ1) is 7.90. The summed E-state index contributed by atoms with van der Waals surface area (Å²) in [6.45, 7) is 0.177. The number of urea groups is 1. The molecule has 7 heteroatoms. The van der Waals surface area contributed by atoms with Crippen molar-refractivity contribution in [3.8, 4) is 0 Å². The van der Waals surface area contributed by atoms with Gasteiger partial charge in [0.2, 0.25) is 0 Å². The molecule has 94 valence electrons. The molecule has 0 aliphatic rings. The Morgan fingerprint density at radius 3 is 2.53 bits per heavy atom. The molecule has 1 rings (SSSR count). The van der Waals surface area contributed by atoms with Crippen LogP contribution in [0.5, 0.6) is 0 Å². The van der Waals surface area contributed by atoms with E-state index in [9.17, 15) is 9.59 Å². The fourth-order valence-electron chi connectivity index (χ4n) is 1.30. The maximum absolute atomic E-state index is 11.8. The lowest BCUT2D eigenvalue weighted by Crippen LogP contribution is -2.40. The van der Waals surface area contributed by atoms with Crippen molar-refractivity contribution in [1.29, 1.82) is 0 Å². The number of amides is 2. The second-order valence-corrected chi connectivity index (χ2v) is 5.53. The molecule has 0 aliphatic carbocycles. The Morgan fingerprint density at radius 1 is 1.41 bits per heavy atom. The Bertz CT molecular complexity index is 421. The summed E-state index contributed by atoms with van der Waals surface area (Å²) in [5, 5.41) is 10.5. The Labute approximate surface area is 112 Å². The molecule has 0 saturated heterocycles. The van der Waals surface area contributed by atoms with Gasteiger partial charge in [0, 0.05) is 28.8 Å². The van der Waals surface area contributed by atoms with Crippen LogP contribution in [-0.4, -0.2) is 47.5 Å². The van der Waals surface area contributed by atoms with Gasteiger partial charge in [-0.2, -0.15) is 0 Å². The van der Waals surface area contributed by atoms with Crippen LogP contribution < -0.4 is 0 Å². The van der Waals surface area contributed by atoms with E-state index in [2.05, 4.69) is 15.9 Å². The third-order valence-electron chi connectivity index (χ3n) is 2.04. The summed E-state index contributed by atoms with van der Waals surface area (Å²) in [5.41, 5.74) is 0. The summed E-state index contributed by atoms with van der Waals surface area (Å²) in [5.74, 6) is -1.02. The molecule has 0 saturated carbocycles. The highest BCUT2D eigenvalue weighted by Crippen LogP contribution is 2.20. The van der Waals surface area contributed by atoms with Crippen LogP contribution >= 0.6 is 27.3 Å².